The number of rotatable bonds is 6. The van der Waals surface area contributed by atoms with Gasteiger partial charge in [-0.1, -0.05) is 32.3 Å². The third-order valence-electron chi connectivity index (χ3n) is 5.34. The van der Waals surface area contributed by atoms with Crippen molar-refractivity contribution in [1.82, 2.24) is 0 Å². The number of hydrogen-bond donors (Lipinski definition) is 1. The first-order valence-electron chi connectivity index (χ1n) is 8.44. The van der Waals surface area contributed by atoms with Crippen molar-refractivity contribution in [3.8, 4) is 0 Å². The van der Waals surface area contributed by atoms with Gasteiger partial charge in [-0.2, -0.15) is 0 Å². The van der Waals surface area contributed by atoms with E-state index in [0.29, 0.717) is 0 Å². The fourth-order valence-corrected chi connectivity index (χ4v) is 3.72. The lowest BCUT2D eigenvalue weighted by atomic mass is 9.67. The minimum Gasteiger partial charge on any atom is -0.396 e. The Kier molecular flexibility index (Phi) is 5.80. The lowest BCUT2D eigenvalue weighted by Crippen LogP contribution is -2.33. The SMILES string of the molecule is CCCCC1CCC(CO)(Cc2ccc(F)cc2C)CC1. The maximum absolute atomic E-state index is 13.2. The number of hydrogen-bond acceptors (Lipinski definition) is 1. The average Bonchev–Trinajstić information content (AvgIpc) is 2.49. The van der Waals surface area contributed by atoms with Gasteiger partial charge in [0.1, 0.15) is 5.82 Å². The Hall–Kier alpha value is -0.890. The first-order chi connectivity index (χ1) is 10.1. The van der Waals surface area contributed by atoms with E-state index in [9.17, 15) is 9.50 Å². The summed E-state index contributed by atoms with van der Waals surface area (Å²) in [7, 11) is 0. The molecule has 21 heavy (non-hydrogen) atoms. The van der Waals surface area contributed by atoms with Crippen LogP contribution in [0.15, 0.2) is 18.2 Å². The van der Waals surface area contributed by atoms with Crippen molar-refractivity contribution in [3.05, 3.63) is 35.1 Å². The highest BCUT2D eigenvalue weighted by Gasteiger charge is 2.35. The molecule has 2 rings (SSSR count). The minimum atomic E-state index is -0.169. The number of halogens is 1. The van der Waals surface area contributed by atoms with Crippen LogP contribution in [0.2, 0.25) is 0 Å². The van der Waals surface area contributed by atoms with E-state index in [4.69, 9.17) is 0 Å². The van der Waals surface area contributed by atoms with Crippen LogP contribution in [0.3, 0.4) is 0 Å². The second-order valence-electron chi connectivity index (χ2n) is 6.99. The fraction of sp³-hybridized carbons (Fsp3) is 0.684. The zero-order chi connectivity index (χ0) is 15.3. The van der Waals surface area contributed by atoms with Crippen LogP contribution in [0.1, 0.15) is 63.0 Å². The monoisotopic (exact) mass is 292 g/mol. The van der Waals surface area contributed by atoms with Crippen LogP contribution in [0.25, 0.3) is 0 Å². The number of aliphatic hydroxyl groups is 1. The predicted molar refractivity (Wildman–Crippen MR) is 85.8 cm³/mol. The lowest BCUT2D eigenvalue weighted by Gasteiger charge is -2.39. The molecule has 1 aliphatic rings. The molecule has 0 saturated heterocycles. The molecular weight excluding hydrogens is 263 g/mol. The molecule has 1 fully saturated rings. The van der Waals surface area contributed by atoms with E-state index in [-0.39, 0.29) is 17.8 Å². The molecule has 0 radical (unpaired) electrons. The van der Waals surface area contributed by atoms with Crippen molar-refractivity contribution in [1.29, 1.82) is 0 Å². The highest BCUT2D eigenvalue weighted by atomic mass is 19.1. The molecule has 1 N–H and O–H groups in total. The highest BCUT2D eigenvalue weighted by Crippen LogP contribution is 2.43. The van der Waals surface area contributed by atoms with Gasteiger partial charge < -0.3 is 5.11 Å². The average molecular weight is 292 g/mol. The van der Waals surface area contributed by atoms with Crippen molar-refractivity contribution in [2.24, 2.45) is 11.3 Å². The number of aliphatic hydroxyl groups excluding tert-OH is 1. The van der Waals surface area contributed by atoms with E-state index in [1.807, 2.05) is 13.0 Å². The molecular formula is C19H29FO. The molecule has 0 unspecified atom stereocenters. The van der Waals surface area contributed by atoms with Crippen LogP contribution in [-0.4, -0.2) is 11.7 Å². The second kappa shape index (κ2) is 7.40. The van der Waals surface area contributed by atoms with E-state index < -0.39 is 0 Å². The third kappa shape index (κ3) is 4.29. The number of aryl methyl sites for hydroxylation is 1. The first-order valence-corrected chi connectivity index (χ1v) is 8.44. The van der Waals surface area contributed by atoms with Gasteiger partial charge in [-0.15, -0.1) is 0 Å². The molecule has 1 saturated carbocycles. The van der Waals surface area contributed by atoms with Crippen LogP contribution >= 0.6 is 0 Å². The van der Waals surface area contributed by atoms with Crippen LogP contribution in [0.4, 0.5) is 4.39 Å². The van der Waals surface area contributed by atoms with Gasteiger partial charge in [-0.25, -0.2) is 4.39 Å². The predicted octanol–water partition coefficient (Wildman–Crippen LogP) is 5.04. The van der Waals surface area contributed by atoms with E-state index in [2.05, 4.69) is 6.92 Å². The molecule has 1 nitrogen and oxygen atoms in total. The van der Waals surface area contributed by atoms with E-state index in [1.165, 1.54) is 37.7 Å². The van der Waals surface area contributed by atoms with Gasteiger partial charge >= 0.3 is 0 Å². The van der Waals surface area contributed by atoms with E-state index in [1.54, 1.807) is 12.1 Å². The standard InChI is InChI=1S/C19H29FO/c1-3-4-5-16-8-10-19(14-21,11-9-16)13-17-6-7-18(20)12-15(17)2/h6-7,12,16,21H,3-5,8-11,13-14H2,1-2H3. The van der Waals surface area contributed by atoms with Crippen LogP contribution in [-0.2, 0) is 6.42 Å². The van der Waals surface area contributed by atoms with Crippen LogP contribution < -0.4 is 0 Å². The highest BCUT2D eigenvalue weighted by molar-refractivity contribution is 5.27. The van der Waals surface area contributed by atoms with Crippen molar-refractivity contribution >= 4 is 0 Å². The molecule has 0 amide bonds. The summed E-state index contributed by atoms with van der Waals surface area (Å²) in [6.07, 6.45) is 9.51. The summed E-state index contributed by atoms with van der Waals surface area (Å²) < 4.78 is 13.2. The Morgan fingerprint density at radius 2 is 2.00 bits per heavy atom. The largest absolute Gasteiger partial charge is 0.396 e. The third-order valence-corrected chi connectivity index (χ3v) is 5.34. The minimum absolute atomic E-state index is 0.0192. The first kappa shape index (κ1) is 16.5. The fourth-order valence-electron chi connectivity index (χ4n) is 3.72. The van der Waals surface area contributed by atoms with E-state index in [0.717, 1.165) is 30.7 Å². The van der Waals surface area contributed by atoms with E-state index >= 15 is 0 Å². The Bertz CT molecular complexity index is 447. The summed E-state index contributed by atoms with van der Waals surface area (Å²) >= 11 is 0. The zero-order valence-electron chi connectivity index (χ0n) is 13.5. The molecule has 0 aliphatic heterocycles. The van der Waals surface area contributed by atoms with Gasteiger partial charge in [0.15, 0.2) is 0 Å². The Balaban J connectivity index is 1.99. The molecule has 0 spiro atoms. The normalized spacial score (nSPS) is 26.0. The molecule has 0 heterocycles. The maximum Gasteiger partial charge on any atom is 0.123 e. The Labute approximate surface area is 128 Å². The van der Waals surface area contributed by atoms with Gasteiger partial charge in [0.25, 0.3) is 0 Å². The summed E-state index contributed by atoms with van der Waals surface area (Å²) in [5.74, 6) is 0.677. The molecule has 1 aromatic rings. The topological polar surface area (TPSA) is 20.2 Å². The zero-order valence-corrected chi connectivity index (χ0v) is 13.5. The van der Waals surface area contributed by atoms with Crippen molar-refractivity contribution in [2.75, 3.05) is 6.61 Å². The summed E-state index contributed by atoms with van der Waals surface area (Å²) in [5, 5.41) is 9.94. The molecule has 0 aromatic heterocycles. The summed E-state index contributed by atoms with van der Waals surface area (Å²) in [5.41, 5.74) is 2.22. The molecule has 0 atom stereocenters. The molecule has 2 heteroatoms. The Morgan fingerprint density at radius 1 is 1.29 bits per heavy atom. The van der Waals surface area contributed by atoms with Crippen molar-refractivity contribution in [3.63, 3.8) is 0 Å². The van der Waals surface area contributed by atoms with Gasteiger partial charge in [-0.3, -0.25) is 0 Å². The Morgan fingerprint density at radius 3 is 2.57 bits per heavy atom. The molecule has 1 aliphatic carbocycles. The molecule has 0 bridgehead atoms. The van der Waals surface area contributed by atoms with Crippen molar-refractivity contribution < 1.29 is 9.50 Å². The molecule has 118 valence electrons. The smallest absolute Gasteiger partial charge is 0.123 e. The lowest BCUT2D eigenvalue weighted by molar-refractivity contribution is 0.0619. The second-order valence-corrected chi connectivity index (χ2v) is 6.99. The van der Waals surface area contributed by atoms with Gasteiger partial charge in [-0.05, 0) is 73.6 Å². The quantitative estimate of drug-likeness (QED) is 0.779. The van der Waals surface area contributed by atoms with Gasteiger partial charge in [0.2, 0.25) is 0 Å². The number of benzene rings is 1. The van der Waals surface area contributed by atoms with Gasteiger partial charge in [0, 0.05) is 6.61 Å². The van der Waals surface area contributed by atoms with Crippen LogP contribution in [0.5, 0.6) is 0 Å². The summed E-state index contributed by atoms with van der Waals surface area (Å²) in [6.45, 7) is 4.47. The van der Waals surface area contributed by atoms with Crippen molar-refractivity contribution in [2.45, 2.75) is 65.2 Å². The molecule has 1 aromatic carbocycles. The summed E-state index contributed by atoms with van der Waals surface area (Å²) in [6, 6.07) is 5.04. The summed E-state index contributed by atoms with van der Waals surface area (Å²) in [4.78, 5) is 0. The number of unbranched alkanes of at least 4 members (excludes halogenated alkanes) is 1. The maximum atomic E-state index is 13.2. The van der Waals surface area contributed by atoms with Gasteiger partial charge in [0.05, 0.1) is 0 Å². The van der Waals surface area contributed by atoms with Crippen LogP contribution in [0, 0.1) is 24.1 Å².